The first-order valence-electron chi connectivity index (χ1n) is 4.36. The lowest BCUT2D eigenvalue weighted by atomic mass is 9.90. The molecule has 0 radical (unpaired) electrons. The van der Waals surface area contributed by atoms with Gasteiger partial charge in [0.15, 0.2) is 0 Å². The zero-order valence-electron chi connectivity index (χ0n) is 7.54. The average Bonchev–Trinajstić information content (AvgIpc) is 2.13. The topological polar surface area (TPSA) is 107 Å². The van der Waals surface area contributed by atoms with Crippen LogP contribution in [0.25, 0.3) is 0 Å². The van der Waals surface area contributed by atoms with E-state index in [1.54, 1.807) is 0 Å². The van der Waals surface area contributed by atoms with Gasteiger partial charge in [-0.2, -0.15) is 0 Å². The average molecular weight is 206 g/mol. The molecule has 0 aliphatic carbocycles. The molecule has 4 unspecified atom stereocenters. The molecule has 0 spiro atoms. The Balaban J connectivity index is 2.54. The van der Waals surface area contributed by atoms with E-state index in [1.165, 1.54) is 0 Å². The van der Waals surface area contributed by atoms with Gasteiger partial charge in [-0.1, -0.05) is 0 Å². The van der Waals surface area contributed by atoms with Gasteiger partial charge in [-0.25, -0.2) is 0 Å². The summed E-state index contributed by atoms with van der Waals surface area (Å²) in [6.45, 7) is -0.353. The van der Waals surface area contributed by atoms with E-state index < -0.39 is 36.8 Å². The minimum absolute atomic E-state index is 0.0375. The molecular weight excluding hydrogens is 192 g/mol. The molecule has 1 rings (SSSR count). The van der Waals surface area contributed by atoms with Crippen molar-refractivity contribution in [2.45, 2.75) is 24.7 Å². The first kappa shape index (κ1) is 11.4. The SMILES string of the molecule is O=C(O)CC1COC(CO)C(O)C1O. The number of ether oxygens (including phenoxy) is 1. The van der Waals surface area contributed by atoms with Crippen LogP contribution >= 0.6 is 0 Å². The molecule has 14 heavy (non-hydrogen) atoms. The van der Waals surface area contributed by atoms with Crippen LogP contribution in [0.4, 0.5) is 0 Å². The lowest BCUT2D eigenvalue weighted by Crippen LogP contribution is -2.51. The van der Waals surface area contributed by atoms with E-state index in [2.05, 4.69) is 0 Å². The number of aliphatic hydroxyl groups is 3. The highest BCUT2D eigenvalue weighted by Crippen LogP contribution is 2.22. The molecule has 0 aromatic carbocycles. The molecule has 4 atom stereocenters. The lowest BCUT2D eigenvalue weighted by Gasteiger charge is -2.36. The number of aliphatic carboxylic acids is 1. The number of carbonyl (C=O) groups is 1. The van der Waals surface area contributed by atoms with Crippen LogP contribution in [0.2, 0.25) is 0 Å². The Morgan fingerprint density at radius 2 is 2.00 bits per heavy atom. The van der Waals surface area contributed by atoms with Gasteiger partial charge in [-0.15, -0.1) is 0 Å². The van der Waals surface area contributed by atoms with Gasteiger partial charge in [-0.05, 0) is 0 Å². The fourth-order valence-electron chi connectivity index (χ4n) is 1.51. The molecule has 82 valence electrons. The second-order valence-electron chi connectivity index (χ2n) is 3.39. The van der Waals surface area contributed by atoms with Crippen molar-refractivity contribution in [1.82, 2.24) is 0 Å². The highest BCUT2D eigenvalue weighted by Gasteiger charge is 2.38. The minimum Gasteiger partial charge on any atom is -0.481 e. The van der Waals surface area contributed by atoms with Gasteiger partial charge in [0, 0.05) is 5.92 Å². The predicted molar refractivity (Wildman–Crippen MR) is 44.6 cm³/mol. The van der Waals surface area contributed by atoms with E-state index >= 15 is 0 Å². The molecule has 1 heterocycles. The van der Waals surface area contributed by atoms with E-state index in [9.17, 15) is 15.0 Å². The Bertz CT molecular complexity index is 206. The van der Waals surface area contributed by atoms with Gasteiger partial charge in [0.1, 0.15) is 12.2 Å². The molecule has 4 N–H and O–H groups in total. The van der Waals surface area contributed by atoms with Gasteiger partial charge in [0.25, 0.3) is 0 Å². The van der Waals surface area contributed by atoms with Gasteiger partial charge in [-0.3, -0.25) is 4.79 Å². The molecular formula is C8H14O6. The number of carboxylic acid groups (broad SMARTS) is 1. The van der Waals surface area contributed by atoms with Gasteiger partial charge >= 0.3 is 5.97 Å². The Kier molecular flexibility index (Phi) is 3.82. The van der Waals surface area contributed by atoms with Crippen molar-refractivity contribution in [3.63, 3.8) is 0 Å². The lowest BCUT2D eigenvalue weighted by molar-refractivity contribution is -0.180. The van der Waals surface area contributed by atoms with E-state index in [4.69, 9.17) is 14.9 Å². The summed E-state index contributed by atoms with van der Waals surface area (Å²) in [6.07, 6.45) is -3.46. The maximum Gasteiger partial charge on any atom is 0.303 e. The third-order valence-electron chi connectivity index (χ3n) is 2.35. The summed E-state index contributed by atoms with van der Waals surface area (Å²) in [6, 6.07) is 0. The largest absolute Gasteiger partial charge is 0.481 e. The Hall–Kier alpha value is -0.690. The standard InChI is InChI=1S/C8H14O6/c9-2-5-8(13)7(12)4(3-14-5)1-6(10)11/h4-5,7-9,12-13H,1-3H2,(H,10,11). The molecule has 1 aliphatic rings. The minimum atomic E-state index is -1.22. The van der Waals surface area contributed by atoms with Crippen LogP contribution in [-0.2, 0) is 9.53 Å². The van der Waals surface area contributed by atoms with Crippen molar-refractivity contribution < 1.29 is 30.0 Å². The Morgan fingerprint density at radius 3 is 2.50 bits per heavy atom. The predicted octanol–water partition coefficient (Wildman–Crippen LogP) is -1.81. The summed E-state index contributed by atoms with van der Waals surface area (Å²) in [4.78, 5) is 10.4. The van der Waals surface area contributed by atoms with Crippen LogP contribution in [-0.4, -0.2) is 57.9 Å². The summed E-state index contributed by atoms with van der Waals surface area (Å²) in [7, 11) is 0. The smallest absolute Gasteiger partial charge is 0.303 e. The molecule has 6 heteroatoms. The Labute approximate surface area is 80.7 Å². The van der Waals surface area contributed by atoms with Crippen LogP contribution in [0.3, 0.4) is 0 Å². The highest BCUT2D eigenvalue weighted by molar-refractivity contribution is 5.67. The first-order valence-corrected chi connectivity index (χ1v) is 4.36. The highest BCUT2D eigenvalue weighted by atomic mass is 16.5. The fourth-order valence-corrected chi connectivity index (χ4v) is 1.51. The molecule has 1 saturated heterocycles. The third-order valence-corrected chi connectivity index (χ3v) is 2.35. The summed E-state index contributed by atoms with van der Waals surface area (Å²) in [5.74, 6) is -1.67. The van der Waals surface area contributed by atoms with Crippen molar-refractivity contribution in [1.29, 1.82) is 0 Å². The van der Waals surface area contributed by atoms with E-state index in [1.807, 2.05) is 0 Å². The molecule has 1 aliphatic heterocycles. The van der Waals surface area contributed by atoms with Crippen LogP contribution in [0.5, 0.6) is 0 Å². The molecule has 0 aromatic rings. The Morgan fingerprint density at radius 1 is 1.36 bits per heavy atom. The number of hydrogen-bond acceptors (Lipinski definition) is 5. The number of carboxylic acids is 1. The monoisotopic (exact) mass is 206 g/mol. The van der Waals surface area contributed by atoms with Gasteiger partial charge < -0.3 is 25.2 Å². The van der Waals surface area contributed by atoms with E-state index in [0.29, 0.717) is 0 Å². The maximum absolute atomic E-state index is 10.4. The van der Waals surface area contributed by atoms with Crippen molar-refractivity contribution in [2.24, 2.45) is 5.92 Å². The molecule has 0 saturated carbocycles. The van der Waals surface area contributed by atoms with Gasteiger partial charge in [0.05, 0.1) is 25.7 Å². The number of hydrogen-bond donors (Lipinski definition) is 4. The normalized spacial score (nSPS) is 38.2. The number of aliphatic hydroxyl groups excluding tert-OH is 3. The molecule has 0 amide bonds. The number of rotatable bonds is 3. The van der Waals surface area contributed by atoms with Gasteiger partial charge in [0.2, 0.25) is 0 Å². The third kappa shape index (κ3) is 2.42. The molecule has 6 nitrogen and oxygen atoms in total. The van der Waals surface area contributed by atoms with Crippen LogP contribution < -0.4 is 0 Å². The van der Waals surface area contributed by atoms with Crippen molar-refractivity contribution in [3.8, 4) is 0 Å². The quantitative estimate of drug-likeness (QED) is 0.433. The summed E-state index contributed by atoms with van der Waals surface area (Å²) >= 11 is 0. The van der Waals surface area contributed by atoms with Crippen LogP contribution in [0.15, 0.2) is 0 Å². The summed E-state index contributed by atoms with van der Waals surface area (Å²) < 4.78 is 5.00. The summed E-state index contributed by atoms with van der Waals surface area (Å²) in [5.41, 5.74) is 0. The van der Waals surface area contributed by atoms with Crippen LogP contribution in [0, 0.1) is 5.92 Å². The zero-order chi connectivity index (χ0) is 10.7. The molecule has 1 fully saturated rings. The van der Waals surface area contributed by atoms with Crippen molar-refractivity contribution in [2.75, 3.05) is 13.2 Å². The molecule has 0 bridgehead atoms. The first-order chi connectivity index (χ1) is 6.56. The second kappa shape index (κ2) is 4.70. The van der Waals surface area contributed by atoms with E-state index in [-0.39, 0.29) is 13.0 Å². The molecule has 0 aromatic heterocycles. The fraction of sp³-hybridized carbons (Fsp3) is 0.875. The zero-order valence-corrected chi connectivity index (χ0v) is 7.54. The van der Waals surface area contributed by atoms with E-state index in [0.717, 1.165) is 0 Å². The van der Waals surface area contributed by atoms with Crippen molar-refractivity contribution >= 4 is 5.97 Å². The second-order valence-corrected chi connectivity index (χ2v) is 3.39. The maximum atomic E-state index is 10.4. The van der Waals surface area contributed by atoms with Crippen molar-refractivity contribution in [3.05, 3.63) is 0 Å². The van der Waals surface area contributed by atoms with Crippen LogP contribution in [0.1, 0.15) is 6.42 Å². The summed E-state index contributed by atoms with van der Waals surface area (Å²) in [5, 5.41) is 36.1.